The summed E-state index contributed by atoms with van der Waals surface area (Å²) in [6.07, 6.45) is 3.43. The van der Waals surface area contributed by atoms with Crippen molar-refractivity contribution in [2.24, 2.45) is 0 Å². The van der Waals surface area contributed by atoms with E-state index in [-0.39, 0.29) is 11.8 Å². The van der Waals surface area contributed by atoms with Gasteiger partial charge in [0.25, 0.3) is 5.91 Å². The van der Waals surface area contributed by atoms with Crippen molar-refractivity contribution in [3.8, 4) is 0 Å². The Kier molecular flexibility index (Phi) is 3.99. The molecular weight excluding hydrogens is 252 g/mol. The molecule has 0 unspecified atom stereocenters. The summed E-state index contributed by atoms with van der Waals surface area (Å²) in [6.45, 7) is 0.490. The van der Waals surface area contributed by atoms with E-state index in [1.54, 1.807) is 36.5 Å². The summed E-state index contributed by atoms with van der Waals surface area (Å²) in [4.78, 5) is 17.6. The van der Waals surface area contributed by atoms with Crippen LogP contribution in [0.1, 0.15) is 21.9 Å². The molecule has 0 aromatic carbocycles. The monoisotopic (exact) mass is 264 g/mol. The summed E-state index contributed by atoms with van der Waals surface area (Å²) < 4.78 is 5.31. The van der Waals surface area contributed by atoms with E-state index in [1.165, 1.54) is 0 Å². The molecule has 1 amide bonds. The smallest absolute Gasteiger partial charge is 0.289 e. The molecule has 0 spiro atoms. The zero-order valence-electron chi connectivity index (χ0n) is 9.97. The van der Waals surface area contributed by atoms with Gasteiger partial charge in [0.2, 0.25) is 0 Å². The van der Waals surface area contributed by atoms with E-state index in [2.05, 4.69) is 4.98 Å². The minimum absolute atomic E-state index is 0.171. The Morgan fingerprint density at radius 3 is 2.89 bits per heavy atom. The van der Waals surface area contributed by atoms with Gasteiger partial charge < -0.3 is 9.32 Å². The van der Waals surface area contributed by atoms with Crippen LogP contribution in [0.15, 0.2) is 41.1 Å². The highest BCUT2D eigenvalue weighted by Gasteiger charge is 2.16. The summed E-state index contributed by atoms with van der Waals surface area (Å²) in [7, 11) is 1.72. The van der Waals surface area contributed by atoms with Gasteiger partial charge in [-0.2, -0.15) is 0 Å². The second-order valence-electron chi connectivity index (χ2n) is 3.92. The zero-order chi connectivity index (χ0) is 13.0. The maximum atomic E-state index is 12.0. The lowest BCUT2D eigenvalue weighted by Crippen LogP contribution is -2.25. The molecule has 0 saturated carbocycles. The largest absolute Gasteiger partial charge is 0.455 e. The molecule has 2 aromatic heterocycles. The SMILES string of the molecule is CN(Cc1cccnc1)C(=O)c1ccc(CCl)o1. The highest BCUT2D eigenvalue weighted by atomic mass is 35.5. The third-order valence-corrected chi connectivity index (χ3v) is 2.76. The number of furan rings is 1. The lowest BCUT2D eigenvalue weighted by atomic mass is 10.2. The quantitative estimate of drug-likeness (QED) is 0.798. The number of halogens is 1. The molecule has 18 heavy (non-hydrogen) atoms. The highest BCUT2D eigenvalue weighted by molar-refractivity contribution is 6.16. The molecule has 4 nitrogen and oxygen atoms in total. The number of rotatable bonds is 4. The molecule has 0 bridgehead atoms. The first-order chi connectivity index (χ1) is 8.70. The number of hydrogen-bond donors (Lipinski definition) is 0. The predicted octanol–water partition coefficient (Wildman–Crippen LogP) is 2.69. The average molecular weight is 265 g/mol. The van der Waals surface area contributed by atoms with Gasteiger partial charge in [-0.05, 0) is 23.8 Å². The van der Waals surface area contributed by atoms with Gasteiger partial charge in [0.15, 0.2) is 5.76 Å². The Morgan fingerprint density at radius 1 is 1.44 bits per heavy atom. The van der Waals surface area contributed by atoms with E-state index in [0.29, 0.717) is 18.1 Å². The first kappa shape index (κ1) is 12.6. The third-order valence-electron chi connectivity index (χ3n) is 2.49. The van der Waals surface area contributed by atoms with Crippen molar-refractivity contribution in [2.45, 2.75) is 12.4 Å². The molecule has 2 heterocycles. The maximum absolute atomic E-state index is 12.0. The molecule has 0 fully saturated rings. The number of carbonyl (C=O) groups excluding carboxylic acids is 1. The molecule has 0 aliphatic carbocycles. The van der Waals surface area contributed by atoms with E-state index in [9.17, 15) is 4.79 Å². The summed E-state index contributed by atoms with van der Waals surface area (Å²) in [6, 6.07) is 7.10. The molecule has 0 saturated heterocycles. The fraction of sp³-hybridized carbons (Fsp3) is 0.231. The van der Waals surface area contributed by atoms with Gasteiger partial charge in [-0.15, -0.1) is 11.6 Å². The molecule has 5 heteroatoms. The molecule has 2 aromatic rings. The summed E-state index contributed by atoms with van der Waals surface area (Å²) in [5.74, 6) is 0.988. The standard InChI is InChI=1S/C13H13ClN2O2/c1-16(9-10-3-2-6-15-8-10)13(17)12-5-4-11(7-14)18-12/h2-6,8H,7,9H2,1H3. The predicted molar refractivity (Wildman–Crippen MR) is 68.3 cm³/mol. The number of hydrogen-bond acceptors (Lipinski definition) is 3. The van der Waals surface area contributed by atoms with E-state index < -0.39 is 0 Å². The molecule has 94 valence electrons. The second kappa shape index (κ2) is 5.69. The van der Waals surface area contributed by atoms with E-state index in [1.807, 2.05) is 12.1 Å². The Hall–Kier alpha value is -1.81. The third kappa shape index (κ3) is 2.90. The van der Waals surface area contributed by atoms with Gasteiger partial charge >= 0.3 is 0 Å². The van der Waals surface area contributed by atoms with Gasteiger partial charge in [-0.25, -0.2) is 0 Å². The lowest BCUT2D eigenvalue weighted by molar-refractivity contribution is 0.0752. The fourth-order valence-corrected chi connectivity index (χ4v) is 1.73. The van der Waals surface area contributed by atoms with Crippen molar-refractivity contribution in [1.29, 1.82) is 0 Å². The van der Waals surface area contributed by atoms with Crippen molar-refractivity contribution in [1.82, 2.24) is 9.88 Å². The number of nitrogens with zero attached hydrogens (tertiary/aromatic N) is 2. The summed E-state index contributed by atoms with van der Waals surface area (Å²) in [5.41, 5.74) is 0.970. The zero-order valence-corrected chi connectivity index (χ0v) is 10.7. The number of aromatic nitrogens is 1. The van der Waals surface area contributed by atoms with E-state index in [4.69, 9.17) is 16.0 Å². The van der Waals surface area contributed by atoms with Crippen LogP contribution in [-0.4, -0.2) is 22.8 Å². The van der Waals surface area contributed by atoms with Crippen molar-refractivity contribution in [2.75, 3.05) is 7.05 Å². The van der Waals surface area contributed by atoms with Crippen LogP contribution >= 0.6 is 11.6 Å². The Morgan fingerprint density at radius 2 is 2.28 bits per heavy atom. The van der Waals surface area contributed by atoms with Crippen LogP contribution in [0.5, 0.6) is 0 Å². The van der Waals surface area contributed by atoms with Gasteiger partial charge in [0.1, 0.15) is 5.76 Å². The number of carbonyl (C=O) groups is 1. The van der Waals surface area contributed by atoms with Crippen molar-refractivity contribution in [3.63, 3.8) is 0 Å². The molecule has 0 aliphatic heterocycles. The molecule has 0 aliphatic rings. The Bertz CT molecular complexity index is 525. The lowest BCUT2D eigenvalue weighted by Gasteiger charge is -2.15. The van der Waals surface area contributed by atoms with Gasteiger partial charge in [0, 0.05) is 26.0 Å². The normalized spacial score (nSPS) is 10.3. The minimum Gasteiger partial charge on any atom is -0.455 e. The Labute approximate surface area is 110 Å². The van der Waals surface area contributed by atoms with Crippen LogP contribution in [0.3, 0.4) is 0 Å². The molecule has 0 atom stereocenters. The van der Waals surface area contributed by atoms with Crippen molar-refractivity contribution >= 4 is 17.5 Å². The van der Waals surface area contributed by atoms with E-state index in [0.717, 1.165) is 5.56 Å². The van der Waals surface area contributed by atoms with Crippen molar-refractivity contribution in [3.05, 3.63) is 53.7 Å². The maximum Gasteiger partial charge on any atom is 0.289 e. The first-order valence-electron chi connectivity index (χ1n) is 5.49. The average Bonchev–Trinajstić information content (AvgIpc) is 2.87. The van der Waals surface area contributed by atoms with Gasteiger partial charge in [-0.3, -0.25) is 9.78 Å². The molecular formula is C13H13ClN2O2. The van der Waals surface area contributed by atoms with Crippen LogP contribution < -0.4 is 0 Å². The van der Waals surface area contributed by atoms with E-state index >= 15 is 0 Å². The Balaban J connectivity index is 2.05. The fourth-order valence-electron chi connectivity index (χ4n) is 1.59. The second-order valence-corrected chi connectivity index (χ2v) is 4.19. The number of alkyl halides is 1. The topological polar surface area (TPSA) is 46.3 Å². The molecule has 2 rings (SSSR count). The number of pyridine rings is 1. The van der Waals surface area contributed by atoms with Crippen molar-refractivity contribution < 1.29 is 9.21 Å². The first-order valence-corrected chi connectivity index (χ1v) is 6.03. The summed E-state index contributed by atoms with van der Waals surface area (Å²) in [5, 5.41) is 0. The summed E-state index contributed by atoms with van der Waals surface area (Å²) >= 11 is 5.63. The van der Waals surface area contributed by atoms with Crippen LogP contribution in [0, 0.1) is 0 Å². The molecule has 0 radical (unpaired) electrons. The van der Waals surface area contributed by atoms with Gasteiger partial charge in [0.05, 0.1) is 5.88 Å². The van der Waals surface area contributed by atoms with Gasteiger partial charge in [-0.1, -0.05) is 6.07 Å². The number of amides is 1. The van der Waals surface area contributed by atoms with Crippen LogP contribution in [0.2, 0.25) is 0 Å². The van der Waals surface area contributed by atoms with Crippen LogP contribution in [0.4, 0.5) is 0 Å². The minimum atomic E-state index is -0.171. The van der Waals surface area contributed by atoms with Crippen LogP contribution in [-0.2, 0) is 12.4 Å². The van der Waals surface area contributed by atoms with Crippen LogP contribution in [0.25, 0.3) is 0 Å². The molecule has 0 N–H and O–H groups in total. The highest BCUT2D eigenvalue weighted by Crippen LogP contribution is 2.13.